The molecule has 0 bridgehead atoms. The van der Waals surface area contributed by atoms with Gasteiger partial charge >= 0.3 is 0 Å². The van der Waals surface area contributed by atoms with Crippen LogP contribution in [0.5, 0.6) is 0 Å². The van der Waals surface area contributed by atoms with Crippen LogP contribution in [0.1, 0.15) is 52.9 Å². The fourth-order valence-corrected chi connectivity index (χ4v) is 7.43. The van der Waals surface area contributed by atoms with Crippen LogP contribution < -0.4 is 0 Å². The average molecular weight is 288 g/mol. The third kappa shape index (κ3) is 1.37. The van der Waals surface area contributed by atoms with E-state index in [-0.39, 0.29) is 10.8 Å². The predicted molar refractivity (Wildman–Crippen MR) is 82.6 cm³/mol. The van der Waals surface area contributed by atoms with Gasteiger partial charge in [0.25, 0.3) is 0 Å². The van der Waals surface area contributed by atoms with E-state index in [2.05, 4.69) is 26.8 Å². The van der Waals surface area contributed by atoms with Gasteiger partial charge in [0.15, 0.2) is 5.78 Å². The van der Waals surface area contributed by atoms with Crippen molar-refractivity contribution >= 4 is 5.78 Å². The number of carbonyl (C=O) groups excluding carboxylic acids is 1. The van der Waals surface area contributed by atoms with Crippen molar-refractivity contribution in [1.82, 2.24) is 0 Å². The molecule has 1 spiro atoms. The smallest absolute Gasteiger partial charge is 0.161 e. The Morgan fingerprint density at radius 3 is 2.76 bits per heavy atom. The highest BCUT2D eigenvalue weighted by Gasteiger charge is 2.73. The Balaban J connectivity index is 1.86. The number of hydrogen-bond donors (Lipinski definition) is 1. The molecule has 0 saturated heterocycles. The van der Waals surface area contributed by atoms with Gasteiger partial charge in [0, 0.05) is 12.0 Å². The van der Waals surface area contributed by atoms with E-state index in [1.165, 1.54) is 25.7 Å². The Bertz CT molecular complexity index is 524. The number of carbonyl (C=O) groups is 1. The van der Waals surface area contributed by atoms with E-state index in [1.54, 1.807) is 0 Å². The van der Waals surface area contributed by atoms with Crippen molar-refractivity contribution < 1.29 is 9.90 Å². The van der Waals surface area contributed by atoms with E-state index < -0.39 is 0 Å². The van der Waals surface area contributed by atoms with Gasteiger partial charge in [0.1, 0.15) is 0 Å². The van der Waals surface area contributed by atoms with Crippen LogP contribution in [0.3, 0.4) is 0 Å². The van der Waals surface area contributed by atoms with Crippen molar-refractivity contribution in [1.29, 1.82) is 0 Å². The molecular formula is C19H28O2. The van der Waals surface area contributed by atoms with E-state index in [4.69, 9.17) is 0 Å². The highest BCUT2D eigenvalue weighted by molar-refractivity contribution is 5.96. The van der Waals surface area contributed by atoms with E-state index >= 15 is 0 Å². The molecule has 4 aliphatic rings. The number of aliphatic hydroxyl groups is 1. The first kappa shape index (κ1) is 14.0. The molecular weight excluding hydrogens is 260 g/mol. The van der Waals surface area contributed by atoms with Gasteiger partial charge in [0.05, 0.1) is 0 Å². The lowest BCUT2D eigenvalue weighted by molar-refractivity contribution is -0.134. The topological polar surface area (TPSA) is 37.3 Å². The number of allylic oxidation sites excluding steroid dienone is 2. The van der Waals surface area contributed by atoms with Gasteiger partial charge < -0.3 is 5.11 Å². The van der Waals surface area contributed by atoms with Gasteiger partial charge in [-0.15, -0.1) is 0 Å². The molecule has 3 saturated carbocycles. The third-order valence-corrected chi connectivity index (χ3v) is 8.30. The third-order valence-electron chi connectivity index (χ3n) is 8.30. The molecule has 116 valence electrons. The van der Waals surface area contributed by atoms with Crippen molar-refractivity contribution in [3.05, 3.63) is 12.2 Å². The zero-order valence-corrected chi connectivity index (χ0v) is 13.6. The summed E-state index contributed by atoms with van der Waals surface area (Å²) in [7, 11) is 0. The van der Waals surface area contributed by atoms with Gasteiger partial charge in [-0.3, -0.25) is 4.79 Å². The Hall–Kier alpha value is -0.630. The lowest BCUT2D eigenvalue weighted by atomic mass is 9.52. The van der Waals surface area contributed by atoms with Crippen LogP contribution in [0, 0.1) is 39.9 Å². The first-order valence-corrected chi connectivity index (χ1v) is 8.72. The molecule has 2 heteroatoms. The Morgan fingerprint density at radius 2 is 2.05 bits per heavy atom. The van der Waals surface area contributed by atoms with Crippen LogP contribution in [-0.2, 0) is 4.79 Å². The van der Waals surface area contributed by atoms with Crippen LogP contribution in [0.4, 0.5) is 0 Å². The Morgan fingerprint density at radius 1 is 1.29 bits per heavy atom. The summed E-state index contributed by atoms with van der Waals surface area (Å²) in [6.45, 7) is 7.35. The maximum absolute atomic E-state index is 12.7. The second-order valence-electron chi connectivity index (χ2n) is 8.87. The summed E-state index contributed by atoms with van der Waals surface area (Å²) in [5.41, 5.74) is 0.352. The molecule has 7 unspecified atom stereocenters. The molecule has 0 aromatic carbocycles. The normalized spacial score (nSPS) is 58.2. The SMILES string of the molecule is CC1C=CC(=O)C2(C)CCC3C4C(CO)CCC4(C)CC132. The number of hydrogen-bond acceptors (Lipinski definition) is 2. The molecule has 4 rings (SSSR count). The molecule has 0 aliphatic heterocycles. The van der Waals surface area contributed by atoms with Crippen LogP contribution in [0.15, 0.2) is 12.2 Å². The standard InChI is InChI=1S/C19H28O2/c1-12-4-5-15(21)18(3)9-7-14-16-13(10-20)6-8-17(16,2)11-19(12,14)18/h4-5,12-14,16,20H,6-11H2,1-3H3. The maximum Gasteiger partial charge on any atom is 0.161 e. The second-order valence-corrected chi connectivity index (χ2v) is 8.87. The minimum atomic E-state index is -0.154. The summed E-state index contributed by atoms with van der Waals surface area (Å²) in [6, 6.07) is 0. The molecule has 21 heavy (non-hydrogen) atoms. The van der Waals surface area contributed by atoms with Crippen LogP contribution in [0.2, 0.25) is 0 Å². The van der Waals surface area contributed by atoms with Gasteiger partial charge in [-0.1, -0.05) is 26.8 Å². The van der Waals surface area contributed by atoms with Crippen LogP contribution >= 0.6 is 0 Å². The number of ketones is 1. The number of aliphatic hydroxyl groups excluding tert-OH is 1. The minimum Gasteiger partial charge on any atom is -0.396 e. The quantitative estimate of drug-likeness (QED) is 0.800. The summed E-state index contributed by atoms with van der Waals surface area (Å²) in [6.07, 6.45) is 9.89. The molecule has 4 aliphatic carbocycles. The van der Waals surface area contributed by atoms with Crippen LogP contribution in [-0.4, -0.2) is 17.5 Å². The van der Waals surface area contributed by atoms with Crippen molar-refractivity contribution in [2.45, 2.75) is 52.9 Å². The molecule has 7 atom stereocenters. The highest BCUT2D eigenvalue weighted by atomic mass is 16.3. The molecule has 3 fully saturated rings. The summed E-state index contributed by atoms with van der Waals surface area (Å²) in [5.74, 6) is 2.60. The second kappa shape index (κ2) is 4.01. The van der Waals surface area contributed by atoms with Crippen molar-refractivity contribution in [3.63, 3.8) is 0 Å². The molecule has 1 N–H and O–H groups in total. The number of rotatable bonds is 1. The Kier molecular flexibility index (Phi) is 2.67. The summed E-state index contributed by atoms with van der Waals surface area (Å²) < 4.78 is 0. The zero-order chi connectivity index (χ0) is 15.0. The summed E-state index contributed by atoms with van der Waals surface area (Å²) in [5, 5.41) is 9.84. The molecule has 2 nitrogen and oxygen atoms in total. The fraction of sp³-hybridized carbons (Fsp3) is 0.842. The van der Waals surface area contributed by atoms with Crippen molar-refractivity contribution in [2.75, 3.05) is 6.61 Å². The predicted octanol–water partition coefficient (Wildman–Crippen LogP) is 3.59. The fourth-order valence-electron chi connectivity index (χ4n) is 7.43. The minimum absolute atomic E-state index is 0.154. The molecule has 0 aromatic rings. The average Bonchev–Trinajstić information content (AvgIpc) is 3.00. The van der Waals surface area contributed by atoms with Crippen molar-refractivity contribution in [2.24, 2.45) is 39.9 Å². The first-order valence-electron chi connectivity index (χ1n) is 8.72. The van der Waals surface area contributed by atoms with E-state index in [1.807, 2.05) is 6.08 Å². The zero-order valence-electron chi connectivity index (χ0n) is 13.6. The number of fused-ring (bicyclic) bond motifs is 2. The van der Waals surface area contributed by atoms with E-state index in [9.17, 15) is 9.90 Å². The molecule has 0 amide bonds. The van der Waals surface area contributed by atoms with E-state index in [0.717, 1.165) is 6.42 Å². The lowest BCUT2D eigenvalue weighted by Crippen LogP contribution is -2.49. The largest absolute Gasteiger partial charge is 0.396 e. The van der Waals surface area contributed by atoms with E-state index in [0.29, 0.717) is 41.5 Å². The first-order chi connectivity index (χ1) is 9.89. The van der Waals surface area contributed by atoms with Gasteiger partial charge in [0.2, 0.25) is 0 Å². The molecule has 0 aromatic heterocycles. The maximum atomic E-state index is 12.7. The van der Waals surface area contributed by atoms with Crippen molar-refractivity contribution in [3.8, 4) is 0 Å². The Labute approximate surface area is 128 Å². The molecule has 0 radical (unpaired) electrons. The van der Waals surface area contributed by atoms with Gasteiger partial charge in [-0.25, -0.2) is 0 Å². The molecule has 0 heterocycles. The summed E-state index contributed by atoms with van der Waals surface area (Å²) in [4.78, 5) is 12.7. The lowest BCUT2D eigenvalue weighted by Gasteiger charge is -2.50. The van der Waals surface area contributed by atoms with Gasteiger partial charge in [-0.05, 0) is 72.7 Å². The summed E-state index contributed by atoms with van der Waals surface area (Å²) >= 11 is 0. The highest BCUT2D eigenvalue weighted by Crippen LogP contribution is 2.77. The van der Waals surface area contributed by atoms with Gasteiger partial charge in [-0.2, -0.15) is 0 Å². The van der Waals surface area contributed by atoms with Crippen LogP contribution in [0.25, 0.3) is 0 Å². The monoisotopic (exact) mass is 288 g/mol.